The number of nitrogens with one attached hydrogen (secondary N) is 2. The molecular weight excluding hydrogens is 326 g/mol. The van der Waals surface area contributed by atoms with Crippen LogP contribution in [-0.4, -0.2) is 26.1 Å². The van der Waals surface area contributed by atoms with Gasteiger partial charge in [0.15, 0.2) is 6.54 Å². The van der Waals surface area contributed by atoms with E-state index in [2.05, 4.69) is 10.1 Å². The molecule has 2 aromatic carbocycles. The van der Waals surface area contributed by atoms with Crippen molar-refractivity contribution in [2.75, 3.05) is 13.6 Å². The normalized spacial score (nSPS) is 13.3. The highest BCUT2D eigenvalue weighted by Gasteiger charge is 2.14. The van der Waals surface area contributed by atoms with Gasteiger partial charge >= 0.3 is 6.61 Å². The first kappa shape index (κ1) is 18.9. The number of alkyl halides is 2. The van der Waals surface area contributed by atoms with Crippen molar-refractivity contribution < 1.29 is 23.2 Å². The number of amides is 1. The molecule has 0 saturated carbocycles. The first-order chi connectivity index (χ1) is 11.9. The SMILES string of the molecule is C[C@@H](NC(=O)C[NH+](C)Cc1ccc(OC(F)F)cc1)c1ccccc1. The van der Waals surface area contributed by atoms with Crippen LogP contribution in [0, 0.1) is 0 Å². The molecule has 2 aromatic rings. The number of carbonyl (C=O) groups is 1. The van der Waals surface area contributed by atoms with Gasteiger partial charge in [0.05, 0.1) is 13.1 Å². The second kappa shape index (κ2) is 9.13. The number of hydrogen-bond donors (Lipinski definition) is 2. The molecule has 4 nitrogen and oxygen atoms in total. The number of rotatable bonds is 8. The van der Waals surface area contributed by atoms with Crippen LogP contribution in [0.4, 0.5) is 8.78 Å². The fraction of sp³-hybridized carbons (Fsp3) is 0.316. The van der Waals surface area contributed by atoms with Crippen LogP contribution in [0.1, 0.15) is 24.1 Å². The van der Waals surface area contributed by atoms with E-state index in [1.807, 2.05) is 44.3 Å². The van der Waals surface area contributed by atoms with Gasteiger partial charge in [-0.2, -0.15) is 8.78 Å². The molecule has 0 bridgehead atoms. The molecule has 1 amide bonds. The Morgan fingerprint density at radius 3 is 2.36 bits per heavy atom. The molecule has 0 aliphatic rings. The van der Waals surface area contributed by atoms with Crippen molar-refractivity contribution in [3.05, 3.63) is 65.7 Å². The number of hydrogen-bond acceptors (Lipinski definition) is 2. The van der Waals surface area contributed by atoms with Crippen molar-refractivity contribution >= 4 is 5.91 Å². The van der Waals surface area contributed by atoms with Crippen LogP contribution in [0.2, 0.25) is 0 Å². The van der Waals surface area contributed by atoms with Crippen LogP contribution in [-0.2, 0) is 11.3 Å². The second-order valence-electron chi connectivity index (χ2n) is 6.03. The van der Waals surface area contributed by atoms with E-state index in [-0.39, 0.29) is 17.7 Å². The van der Waals surface area contributed by atoms with Gasteiger partial charge in [-0.1, -0.05) is 30.3 Å². The summed E-state index contributed by atoms with van der Waals surface area (Å²) in [5.74, 6) is 0.0948. The standard InChI is InChI=1S/C19H22F2N2O2/c1-14(16-6-4-3-5-7-16)22-18(24)13-23(2)12-15-8-10-17(11-9-15)25-19(20)21/h3-11,14,19H,12-13H2,1-2H3,(H,22,24)/p+1/t14-/m1/s1. The van der Waals surface area contributed by atoms with Crippen LogP contribution in [0.3, 0.4) is 0 Å². The minimum atomic E-state index is -2.82. The van der Waals surface area contributed by atoms with E-state index in [0.29, 0.717) is 13.1 Å². The van der Waals surface area contributed by atoms with Gasteiger partial charge in [0.1, 0.15) is 12.3 Å². The lowest BCUT2D eigenvalue weighted by Gasteiger charge is -2.17. The van der Waals surface area contributed by atoms with Crippen LogP contribution >= 0.6 is 0 Å². The summed E-state index contributed by atoms with van der Waals surface area (Å²) < 4.78 is 28.6. The van der Waals surface area contributed by atoms with E-state index in [4.69, 9.17) is 0 Å². The Bertz CT molecular complexity index is 663. The smallest absolute Gasteiger partial charge is 0.387 e. The van der Waals surface area contributed by atoms with E-state index in [1.54, 1.807) is 12.1 Å². The summed E-state index contributed by atoms with van der Waals surface area (Å²) in [7, 11) is 1.91. The molecule has 2 atom stereocenters. The van der Waals surface area contributed by atoms with Gasteiger partial charge in [-0.05, 0) is 36.8 Å². The number of carbonyl (C=O) groups excluding carboxylic acids is 1. The first-order valence-corrected chi connectivity index (χ1v) is 8.13. The van der Waals surface area contributed by atoms with E-state index in [9.17, 15) is 13.6 Å². The Morgan fingerprint density at radius 1 is 1.12 bits per heavy atom. The summed E-state index contributed by atoms with van der Waals surface area (Å²) in [5, 5.41) is 2.98. The maximum atomic E-state index is 12.2. The predicted octanol–water partition coefficient (Wildman–Crippen LogP) is 2.18. The molecular formula is C19H23F2N2O2+. The summed E-state index contributed by atoms with van der Waals surface area (Å²) in [5.41, 5.74) is 2.01. The lowest BCUT2D eigenvalue weighted by Crippen LogP contribution is -3.08. The Hall–Kier alpha value is -2.47. The van der Waals surface area contributed by atoms with Crippen LogP contribution in [0.25, 0.3) is 0 Å². The number of quaternary nitrogens is 1. The van der Waals surface area contributed by atoms with Gasteiger partial charge in [-0.25, -0.2) is 0 Å². The lowest BCUT2D eigenvalue weighted by molar-refractivity contribution is -0.885. The van der Waals surface area contributed by atoms with Crippen LogP contribution in [0.5, 0.6) is 5.75 Å². The minimum absolute atomic E-state index is 0.0356. The van der Waals surface area contributed by atoms with Gasteiger partial charge in [0.25, 0.3) is 5.91 Å². The molecule has 0 heterocycles. The van der Waals surface area contributed by atoms with Gasteiger partial charge in [-0.15, -0.1) is 0 Å². The van der Waals surface area contributed by atoms with Gasteiger partial charge in [0, 0.05) is 5.56 Å². The molecule has 1 unspecified atom stereocenters. The topological polar surface area (TPSA) is 42.8 Å². The molecule has 0 aromatic heterocycles. The van der Waals surface area contributed by atoms with Crippen molar-refractivity contribution in [2.24, 2.45) is 0 Å². The number of benzene rings is 2. The second-order valence-corrected chi connectivity index (χ2v) is 6.03. The molecule has 2 rings (SSSR count). The largest absolute Gasteiger partial charge is 0.435 e. The summed E-state index contributed by atoms with van der Waals surface area (Å²) in [6, 6.07) is 16.2. The van der Waals surface area contributed by atoms with E-state index >= 15 is 0 Å². The highest BCUT2D eigenvalue weighted by atomic mass is 19.3. The Balaban J connectivity index is 1.81. The average molecular weight is 349 g/mol. The molecule has 0 saturated heterocycles. The van der Waals surface area contributed by atoms with Crippen LogP contribution < -0.4 is 15.0 Å². The Kier molecular flexibility index (Phi) is 6.89. The molecule has 0 fully saturated rings. The zero-order valence-electron chi connectivity index (χ0n) is 14.3. The molecule has 0 aliphatic heterocycles. The fourth-order valence-electron chi connectivity index (χ4n) is 2.59. The summed E-state index contributed by atoms with van der Waals surface area (Å²) in [4.78, 5) is 13.2. The predicted molar refractivity (Wildman–Crippen MR) is 91.5 cm³/mol. The van der Waals surface area contributed by atoms with Crippen molar-refractivity contribution in [1.82, 2.24) is 5.32 Å². The molecule has 0 radical (unpaired) electrons. The number of ether oxygens (including phenoxy) is 1. The Labute approximate surface area is 146 Å². The Morgan fingerprint density at radius 2 is 1.76 bits per heavy atom. The molecule has 6 heteroatoms. The molecule has 0 spiro atoms. The van der Waals surface area contributed by atoms with E-state index in [0.717, 1.165) is 16.0 Å². The maximum absolute atomic E-state index is 12.2. The van der Waals surface area contributed by atoms with Crippen molar-refractivity contribution in [2.45, 2.75) is 26.1 Å². The number of likely N-dealkylation sites (N-methyl/N-ethyl adjacent to an activating group) is 1. The number of halogens is 2. The lowest BCUT2D eigenvalue weighted by atomic mass is 10.1. The highest BCUT2D eigenvalue weighted by molar-refractivity contribution is 5.77. The van der Waals surface area contributed by atoms with Crippen molar-refractivity contribution in [3.63, 3.8) is 0 Å². The molecule has 25 heavy (non-hydrogen) atoms. The monoisotopic (exact) mass is 349 g/mol. The highest BCUT2D eigenvalue weighted by Crippen LogP contribution is 2.14. The molecule has 134 valence electrons. The third-order valence-corrected chi connectivity index (χ3v) is 3.79. The van der Waals surface area contributed by atoms with E-state index in [1.165, 1.54) is 12.1 Å². The maximum Gasteiger partial charge on any atom is 0.387 e. The first-order valence-electron chi connectivity index (χ1n) is 8.13. The van der Waals surface area contributed by atoms with Gasteiger partial charge < -0.3 is 15.0 Å². The molecule has 2 N–H and O–H groups in total. The van der Waals surface area contributed by atoms with E-state index < -0.39 is 6.61 Å². The van der Waals surface area contributed by atoms with Crippen LogP contribution in [0.15, 0.2) is 54.6 Å². The third-order valence-electron chi connectivity index (χ3n) is 3.79. The third kappa shape index (κ3) is 6.51. The van der Waals surface area contributed by atoms with Gasteiger partial charge in [-0.3, -0.25) is 4.79 Å². The fourth-order valence-corrected chi connectivity index (χ4v) is 2.59. The van der Waals surface area contributed by atoms with Gasteiger partial charge in [0.2, 0.25) is 0 Å². The quantitative estimate of drug-likeness (QED) is 0.767. The zero-order chi connectivity index (χ0) is 18.2. The summed E-state index contributed by atoms with van der Waals surface area (Å²) in [6.07, 6.45) is 0. The minimum Gasteiger partial charge on any atom is -0.435 e. The summed E-state index contributed by atoms with van der Waals surface area (Å²) >= 11 is 0. The van der Waals surface area contributed by atoms with Crippen molar-refractivity contribution in [1.29, 1.82) is 0 Å². The van der Waals surface area contributed by atoms with Crippen molar-refractivity contribution in [3.8, 4) is 5.75 Å². The molecule has 0 aliphatic carbocycles. The average Bonchev–Trinajstić information content (AvgIpc) is 2.56. The zero-order valence-corrected chi connectivity index (χ0v) is 14.3. The summed E-state index contributed by atoms with van der Waals surface area (Å²) in [6.45, 7) is 0.0632.